The number of hydrogen-bond acceptors (Lipinski definition) is 7. The molecule has 4 rings (SSSR count). The zero-order chi connectivity index (χ0) is 24.3. The lowest BCUT2D eigenvalue weighted by Crippen LogP contribution is -2.05. The van der Waals surface area contributed by atoms with Crippen LogP contribution in [0.4, 0.5) is 0 Å². The van der Waals surface area contributed by atoms with Crippen molar-refractivity contribution < 1.29 is 19.0 Å². The van der Waals surface area contributed by atoms with Crippen LogP contribution in [0.2, 0.25) is 0 Å². The first kappa shape index (κ1) is 23.9. The summed E-state index contributed by atoms with van der Waals surface area (Å²) >= 11 is 0. The Morgan fingerprint density at radius 2 is 1.57 bits per heavy atom. The second-order valence-corrected chi connectivity index (χ2v) is 7.91. The van der Waals surface area contributed by atoms with Crippen molar-refractivity contribution >= 4 is 5.97 Å². The molecule has 4 aromatic rings. The minimum atomic E-state index is -0.236. The number of esters is 1. The van der Waals surface area contributed by atoms with Gasteiger partial charge >= 0.3 is 5.97 Å². The molecule has 0 saturated heterocycles. The van der Waals surface area contributed by atoms with Crippen LogP contribution in [0.3, 0.4) is 0 Å². The quantitative estimate of drug-likeness (QED) is 0.283. The number of pyridine rings is 2. The lowest BCUT2D eigenvalue weighted by molar-refractivity contribution is -0.143. The van der Waals surface area contributed by atoms with E-state index in [9.17, 15) is 4.79 Å². The molecule has 0 amide bonds. The van der Waals surface area contributed by atoms with Crippen molar-refractivity contribution in [3.63, 3.8) is 0 Å². The molecule has 0 N–H and O–H groups in total. The molecule has 3 heterocycles. The van der Waals surface area contributed by atoms with E-state index in [1.165, 1.54) is 0 Å². The standard InChI is InChI=1S/C27H28N4O4/c1-2-33-26(32)12-9-24-18-31(30-27(24)35-20-23-6-4-14-29-16-23)17-21-7-10-25(11-8-21)34-19-22-5-3-13-28-15-22/h3-8,10-11,13-16,18H,2,9,12,17,19-20H2,1H3. The number of rotatable bonds is 12. The summed E-state index contributed by atoms with van der Waals surface area (Å²) in [7, 11) is 0. The fourth-order valence-corrected chi connectivity index (χ4v) is 3.45. The van der Waals surface area contributed by atoms with Crippen molar-refractivity contribution in [1.29, 1.82) is 0 Å². The Morgan fingerprint density at radius 3 is 2.20 bits per heavy atom. The van der Waals surface area contributed by atoms with Gasteiger partial charge in [-0.1, -0.05) is 24.3 Å². The molecule has 0 aliphatic rings. The highest BCUT2D eigenvalue weighted by molar-refractivity contribution is 5.69. The van der Waals surface area contributed by atoms with Gasteiger partial charge in [-0.3, -0.25) is 19.4 Å². The maximum atomic E-state index is 11.9. The van der Waals surface area contributed by atoms with Crippen molar-refractivity contribution in [1.82, 2.24) is 19.7 Å². The maximum Gasteiger partial charge on any atom is 0.306 e. The molecule has 0 aliphatic heterocycles. The Balaban J connectivity index is 1.40. The van der Waals surface area contributed by atoms with Crippen LogP contribution in [-0.4, -0.2) is 32.3 Å². The fourth-order valence-electron chi connectivity index (χ4n) is 3.45. The SMILES string of the molecule is CCOC(=O)CCc1cn(Cc2ccc(OCc3cccnc3)cc2)nc1OCc1cccnc1. The predicted molar refractivity (Wildman–Crippen MR) is 130 cm³/mol. The molecule has 8 heteroatoms. The van der Waals surface area contributed by atoms with Gasteiger partial charge in [0, 0.05) is 54.1 Å². The summed E-state index contributed by atoms with van der Waals surface area (Å²) in [5.41, 5.74) is 3.89. The Hall–Kier alpha value is -4.20. The van der Waals surface area contributed by atoms with Gasteiger partial charge in [-0.25, -0.2) is 0 Å². The van der Waals surface area contributed by atoms with E-state index in [0.717, 1.165) is 28.0 Å². The molecule has 3 aromatic heterocycles. The van der Waals surface area contributed by atoms with Gasteiger partial charge in [-0.2, -0.15) is 0 Å². The van der Waals surface area contributed by atoms with Gasteiger partial charge in [0.15, 0.2) is 0 Å². The third kappa shape index (κ3) is 7.40. The molecular formula is C27H28N4O4. The van der Waals surface area contributed by atoms with E-state index < -0.39 is 0 Å². The number of aromatic nitrogens is 4. The van der Waals surface area contributed by atoms with E-state index in [2.05, 4.69) is 15.1 Å². The van der Waals surface area contributed by atoms with Crippen LogP contribution < -0.4 is 9.47 Å². The molecule has 0 aliphatic carbocycles. The molecule has 35 heavy (non-hydrogen) atoms. The van der Waals surface area contributed by atoms with E-state index in [4.69, 9.17) is 14.2 Å². The number of hydrogen-bond donors (Lipinski definition) is 0. The van der Waals surface area contributed by atoms with Crippen molar-refractivity contribution in [2.75, 3.05) is 6.61 Å². The van der Waals surface area contributed by atoms with E-state index in [-0.39, 0.29) is 12.4 Å². The smallest absolute Gasteiger partial charge is 0.306 e. The third-order valence-electron chi connectivity index (χ3n) is 5.20. The number of benzene rings is 1. The summed E-state index contributed by atoms with van der Waals surface area (Å²) in [5, 5.41) is 4.63. The fraction of sp³-hybridized carbons (Fsp3) is 0.259. The maximum absolute atomic E-state index is 11.9. The van der Waals surface area contributed by atoms with Crippen LogP contribution in [0.25, 0.3) is 0 Å². The Bertz CT molecular complexity index is 1200. The Morgan fingerprint density at radius 1 is 0.886 bits per heavy atom. The van der Waals surface area contributed by atoms with Crippen LogP contribution in [-0.2, 0) is 35.7 Å². The summed E-state index contributed by atoms with van der Waals surface area (Å²) < 4.78 is 18.7. The number of ether oxygens (including phenoxy) is 3. The van der Waals surface area contributed by atoms with E-state index in [0.29, 0.717) is 38.7 Å². The van der Waals surface area contributed by atoms with E-state index in [1.807, 2.05) is 59.4 Å². The van der Waals surface area contributed by atoms with Gasteiger partial charge < -0.3 is 14.2 Å². The van der Waals surface area contributed by atoms with Crippen LogP contribution >= 0.6 is 0 Å². The first-order valence-electron chi connectivity index (χ1n) is 11.5. The minimum Gasteiger partial charge on any atom is -0.489 e. The number of aryl methyl sites for hydroxylation is 1. The first-order chi connectivity index (χ1) is 17.2. The lowest BCUT2D eigenvalue weighted by atomic mass is 10.2. The molecule has 0 radical (unpaired) electrons. The number of carbonyl (C=O) groups excluding carboxylic acids is 1. The molecule has 0 unspecified atom stereocenters. The van der Waals surface area contributed by atoms with Gasteiger partial charge in [0.25, 0.3) is 0 Å². The average molecular weight is 473 g/mol. The highest BCUT2D eigenvalue weighted by Crippen LogP contribution is 2.21. The molecular weight excluding hydrogens is 444 g/mol. The molecule has 180 valence electrons. The van der Waals surface area contributed by atoms with E-state index >= 15 is 0 Å². The normalized spacial score (nSPS) is 10.7. The van der Waals surface area contributed by atoms with Crippen LogP contribution in [0.1, 0.15) is 35.6 Å². The zero-order valence-corrected chi connectivity index (χ0v) is 19.7. The minimum absolute atomic E-state index is 0.236. The van der Waals surface area contributed by atoms with Gasteiger partial charge in [-0.15, -0.1) is 5.10 Å². The molecule has 0 spiro atoms. The topological polar surface area (TPSA) is 88.4 Å². The number of nitrogens with zero attached hydrogens (tertiary/aromatic N) is 4. The highest BCUT2D eigenvalue weighted by Gasteiger charge is 2.14. The molecule has 0 fully saturated rings. The van der Waals surface area contributed by atoms with Gasteiger partial charge in [0.2, 0.25) is 5.88 Å². The molecule has 1 aromatic carbocycles. The second-order valence-electron chi connectivity index (χ2n) is 7.91. The van der Waals surface area contributed by atoms with Crippen LogP contribution in [0, 0.1) is 0 Å². The average Bonchev–Trinajstić information content (AvgIpc) is 3.28. The Kier molecular flexibility index (Phi) is 8.42. The van der Waals surface area contributed by atoms with Gasteiger partial charge in [-0.05, 0) is 43.2 Å². The van der Waals surface area contributed by atoms with Crippen LogP contribution in [0.5, 0.6) is 11.6 Å². The summed E-state index contributed by atoms with van der Waals surface area (Å²) in [4.78, 5) is 20.1. The number of carbonyl (C=O) groups is 1. The highest BCUT2D eigenvalue weighted by atomic mass is 16.5. The summed E-state index contributed by atoms with van der Waals surface area (Å²) in [6.45, 7) is 3.54. The zero-order valence-electron chi connectivity index (χ0n) is 19.7. The van der Waals surface area contributed by atoms with Crippen molar-refractivity contribution in [2.24, 2.45) is 0 Å². The van der Waals surface area contributed by atoms with Gasteiger partial charge in [0.05, 0.1) is 13.2 Å². The lowest BCUT2D eigenvalue weighted by Gasteiger charge is -2.07. The third-order valence-corrected chi connectivity index (χ3v) is 5.20. The van der Waals surface area contributed by atoms with Crippen molar-refractivity contribution in [2.45, 2.75) is 39.5 Å². The van der Waals surface area contributed by atoms with Gasteiger partial charge in [0.1, 0.15) is 19.0 Å². The second kappa shape index (κ2) is 12.3. The molecule has 0 bridgehead atoms. The summed E-state index contributed by atoms with van der Waals surface area (Å²) in [5.74, 6) is 1.06. The molecule has 0 saturated carbocycles. The van der Waals surface area contributed by atoms with Crippen molar-refractivity contribution in [3.8, 4) is 11.6 Å². The van der Waals surface area contributed by atoms with Crippen LogP contribution in [0.15, 0.2) is 79.5 Å². The largest absolute Gasteiger partial charge is 0.489 e. The van der Waals surface area contributed by atoms with E-state index in [1.54, 1.807) is 31.7 Å². The van der Waals surface area contributed by atoms with Crippen molar-refractivity contribution in [3.05, 3.63) is 102 Å². The summed E-state index contributed by atoms with van der Waals surface area (Å²) in [6.07, 6.45) is 9.69. The summed E-state index contributed by atoms with van der Waals surface area (Å²) in [6, 6.07) is 15.6. The molecule has 8 nitrogen and oxygen atoms in total. The molecule has 0 atom stereocenters. The monoisotopic (exact) mass is 472 g/mol. The predicted octanol–water partition coefficient (Wildman–Crippen LogP) is 4.38. The Labute approximate surface area is 204 Å². The first-order valence-corrected chi connectivity index (χ1v) is 11.5.